The summed E-state index contributed by atoms with van der Waals surface area (Å²) in [6.45, 7) is 0. The summed E-state index contributed by atoms with van der Waals surface area (Å²) in [7, 11) is 1.59. The van der Waals surface area contributed by atoms with Crippen LogP contribution in [0.15, 0.2) is 72.8 Å². The minimum absolute atomic E-state index is 0.274. The molecule has 4 aromatic rings. The van der Waals surface area contributed by atoms with Gasteiger partial charge in [0.1, 0.15) is 11.6 Å². The number of hydrogen-bond acceptors (Lipinski definition) is 2. The first kappa shape index (κ1) is 16.6. The minimum atomic E-state index is -0.274. The molecule has 0 radical (unpaired) electrons. The third-order valence-electron chi connectivity index (χ3n) is 4.30. The van der Waals surface area contributed by atoms with E-state index in [4.69, 9.17) is 21.3 Å². The Morgan fingerprint density at radius 2 is 1.62 bits per heavy atom. The predicted octanol–water partition coefficient (Wildman–Crippen LogP) is 6.37. The summed E-state index contributed by atoms with van der Waals surface area (Å²) in [5, 5.41) is 1.56. The number of methoxy groups -OCH3 is 1. The molecular formula is C22H15ClFNO. The SMILES string of the molecule is COc1ccc(-c2cc3ccccc3nc2-c2ccc(F)cc2)cc1Cl. The van der Waals surface area contributed by atoms with Crippen LogP contribution in [0.5, 0.6) is 5.75 Å². The molecule has 0 amide bonds. The van der Waals surface area contributed by atoms with Crippen LogP contribution in [0.3, 0.4) is 0 Å². The van der Waals surface area contributed by atoms with Gasteiger partial charge in [0.2, 0.25) is 0 Å². The Labute approximate surface area is 155 Å². The molecule has 0 aliphatic heterocycles. The van der Waals surface area contributed by atoms with Gasteiger partial charge in [-0.1, -0.05) is 35.9 Å². The Morgan fingerprint density at radius 1 is 0.885 bits per heavy atom. The van der Waals surface area contributed by atoms with Gasteiger partial charge in [0, 0.05) is 16.5 Å². The molecule has 1 aromatic heterocycles. The average Bonchev–Trinajstić information content (AvgIpc) is 2.67. The van der Waals surface area contributed by atoms with Gasteiger partial charge in [0.05, 0.1) is 23.3 Å². The third-order valence-corrected chi connectivity index (χ3v) is 4.60. The lowest BCUT2D eigenvalue weighted by atomic mass is 9.97. The molecule has 0 atom stereocenters. The van der Waals surface area contributed by atoms with Gasteiger partial charge >= 0.3 is 0 Å². The maximum atomic E-state index is 13.4. The van der Waals surface area contributed by atoms with Crippen molar-refractivity contribution in [2.45, 2.75) is 0 Å². The van der Waals surface area contributed by atoms with Crippen molar-refractivity contribution in [1.29, 1.82) is 0 Å². The van der Waals surface area contributed by atoms with E-state index in [9.17, 15) is 4.39 Å². The fourth-order valence-electron chi connectivity index (χ4n) is 3.00. The van der Waals surface area contributed by atoms with Crippen molar-refractivity contribution in [3.63, 3.8) is 0 Å². The number of nitrogens with zero attached hydrogens (tertiary/aromatic N) is 1. The van der Waals surface area contributed by atoms with Crippen LogP contribution in [-0.2, 0) is 0 Å². The minimum Gasteiger partial charge on any atom is -0.495 e. The fraction of sp³-hybridized carbons (Fsp3) is 0.0455. The highest BCUT2D eigenvalue weighted by Crippen LogP contribution is 2.36. The van der Waals surface area contributed by atoms with E-state index in [0.717, 1.165) is 33.3 Å². The summed E-state index contributed by atoms with van der Waals surface area (Å²) in [6, 6.07) is 22.0. The Balaban J connectivity index is 1.98. The molecule has 0 fully saturated rings. The van der Waals surface area contributed by atoms with Crippen molar-refractivity contribution in [3.8, 4) is 28.1 Å². The van der Waals surface area contributed by atoms with E-state index in [1.807, 2.05) is 42.5 Å². The summed E-state index contributed by atoms with van der Waals surface area (Å²) < 4.78 is 18.6. The molecule has 2 nitrogen and oxygen atoms in total. The zero-order valence-electron chi connectivity index (χ0n) is 14.0. The first-order valence-corrected chi connectivity index (χ1v) is 8.53. The largest absolute Gasteiger partial charge is 0.495 e. The lowest BCUT2D eigenvalue weighted by molar-refractivity contribution is 0.415. The van der Waals surface area contributed by atoms with Crippen LogP contribution in [0.2, 0.25) is 5.02 Å². The van der Waals surface area contributed by atoms with Gasteiger partial charge in [0.25, 0.3) is 0 Å². The maximum absolute atomic E-state index is 13.4. The standard InChI is InChI=1S/C22H15ClFNO/c1-26-21-11-8-15(13-19(21)23)18-12-16-4-2-3-5-20(16)25-22(18)14-6-9-17(24)10-7-14/h2-13H,1H3. The van der Waals surface area contributed by atoms with E-state index in [1.165, 1.54) is 12.1 Å². The zero-order chi connectivity index (χ0) is 18.1. The quantitative estimate of drug-likeness (QED) is 0.422. The summed E-state index contributed by atoms with van der Waals surface area (Å²) in [6.07, 6.45) is 0. The van der Waals surface area contributed by atoms with Crippen molar-refractivity contribution in [1.82, 2.24) is 4.98 Å². The lowest BCUT2D eigenvalue weighted by Gasteiger charge is -2.13. The number of hydrogen-bond donors (Lipinski definition) is 0. The van der Waals surface area contributed by atoms with E-state index < -0.39 is 0 Å². The molecule has 0 bridgehead atoms. The van der Waals surface area contributed by atoms with Gasteiger partial charge in [-0.3, -0.25) is 0 Å². The summed E-state index contributed by atoms with van der Waals surface area (Å²) in [5.74, 6) is 0.344. The highest BCUT2D eigenvalue weighted by Gasteiger charge is 2.13. The van der Waals surface area contributed by atoms with E-state index in [-0.39, 0.29) is 5.82 Å². The van der Waals surface area contributed by atoms with Crippen LogP contribution in [0, 0.1) is 5.82 Å². The zero-order valence-corrected chi connectivity index (χ0v) is 14.8. The first-order valence-electron chi connectivity index (χ1n) is 8.15. The Hall–Kier alpha value is -2.91. The van der Waals surface area contributed by atoms with Gasteiger partial charge in [-0.15, -0.1) is 0 Å². The van der Waals surface area contributed by atoms with E-state index in [2.05, 4.69) is 6.07 Å². The van der Waals surface area contributed by atoms with E-state index >= 15 is 0 Å². The molecule has 1 heterocycles. The number of halogens is 2. The number of rotatable bonds is 3. The van der Waals surface area contributed by atoms with E-state index in [1.54, 1.807) is 19.2 Å². The van der Waals surface area contributed by atoms with Crippen molar-refractivity contribution >= 4 is 22.5 Å². The third kappa shape index (κ3) is 3.02. The molecule has 0 saturated carbocycles. The second-order valence-electron chi connectivity index (χ2n) is 5.93. The number of pyridine rings is 1. The van der Waals surface area contributed by atoms with Crippen molar-refractivity contribution in [3.05, 3.63) is 83.6 Å². The van der Waals surface area contributed by atoms with Crippen LogP contribution >= 0.6 is 11.6 Å². The molecule has 0 aliphatic rings. The molecule has 0 saturated heterocycles. The Kier molecular flexibility index (Phi) is 4.31. The van der Waals surface area contributed by atoms with Gasteiger partial charge < -0.3 is 4.74 Å². The topological polar surface area (TPSA) is 22.1 Å². The van der Waals surface area contributed by atoms with Crippen LogP contribution in [0.4, 0.5) is 4.39 Å². The molecule has 0 unspecified atom stereocenters. The number of aromatic nitrogens is 1. The monoisotopic (exact) mass is 363 g/mol. The molecule has 0 N–H and O–H groups in total. The second kappa shape index (κ2) is 6.77. The molecule has 4 rings (SSSR count). The number of benzene rings is 3. The van der Waals surface area contributed by atoms with Gasteiger partial charge in [-0.25, -0.2) is 9.37 Å². The summed E-state index contributed by atoms with van der Waals surface area (Å²) in [4.78, 5) is 4.83. The fourth-order valence-corrected chi connectivity index (χ4v) is 3.26. The van der Waals surface area contributed by atoms with Gasteiger partial charge in [-0.2, -0.15) is 0 Å². The van der Waals surface area contributed by atoms with Crippen LogP contribution in [-0.4, -0.2) is 12.1 Å². The maximum Gasteiger partial charge on any atom is 0.137 e. The van der Waals surface area contributed by atoms with Gasteiger partial charge in [-0.05, 0) is 54.1 Å². The average molecular weight is 364 g/mol. The smallest absolute Gasteiger partial charge is 0.137 e. The second-order valence-corrected chi connectivity index (χ2v) is 6.34. The normalized spacial score (nSPS) is 10.9. The highest BCUT2D eigenvalue weighted by molar-refractivity contribution is 6.32. The lowest BCUT2D eigenvalue weighted by Crippen LogP contribution is -1.92. The predicted molar refractivity (Wildman–Crippen MR) is 104 cm³/mol. The van der Waals surface area contributed by atoms with Crippen LogP contribution in [0.1, 0.15) is 0 Å². The van der Waals surface area contributed by atoms with Crippen LogP contribution in [0.25, 0.3) is 33.3 Å². The molecule has 3 aromatic carbocycles. The molecule has 4 heteroatoms. The molecule has 0 spiro atoms. The molecule has 26 heavy (non-hydrogen) atoms. The molecular weight excluding hydrogens is 349 g/mol. The van der Waals surface area contributed by atoms with Crippen LogP contribution < -0.4 is 4.74 Å². The first-order chi connectivity index (χ1) is 12.7. The molecule has 0 aliphatic carbocycles. The number of fused-ring (bicyclic) bond motifs is 1. The van der Waals surface area contributed by atoms with Crippen molar-refractivity contribution in [2.75, 3.05) is 7.11 Å². The summed E-state index contributed by atoms with van der Waals surface area (Å²) >= 11 is 6.32. The summed E-state index contributed by atoms with van der Waals surface area (Å²) in [5.41, 5.74) is 4.37. The number of ether oxygens (including phenoxy) is 1. The number of para-hydroxylation sites is 1. The van der Waals surface area contributed by atoms with Gasteiger partial charge in [0.15, 0.2) is 0 Å². The Bertz CT molecular complexity index is 1090. The van der Waals surface area contributed by atoms with Crippen molar-refractivity contribution < 1.29 is 9.13 Å². The Morgan fingerprint density at radius 3 is 2.35 bits per heavy atom. The molecule has 128 valence electrons. The van der Waals surface area contributed by atoms with Crippen molar-refractivity contribution in [2.24, 2.45) is 0 Å². The van der Waals surface area contributed by atoms with E-state index in [0.29, 0.717) is 10.8 Å². The highest BCUT2D eigenvalue weighted by atomic mass is 35.5.